The van der Waals surface area contributed by atoms with Crippen molar-refractivity contribution in [2.24, 2.45) is 0 Å². The van der Waals surface area contributed by atoms with E-state index in [0.29, 0.717) is 13.1 Å². The van der Waals surface area contributed by atoms with Gasteiger partial charge in [0.05, 0.1) is 6.42 Å². The Kier molecular flexibility index (Phi) is 3.74. The molecule has 0 saturated carbocycles. The van der Waals surface area contributed by atoms with Crippen LogP contribution >= 0.6 is 0 Å². The van der Waals surface area contributed by atoms with Gasteiger partial charge in [-0.2, -0.15) is 0 Å². The van der Waals surface area contributed by atoms with Crippen LogP contribution in [0.15, 0.2) is 18.2 Å². The minimum absolute atomic E-state index is 0.182. The van der Waals surface area contributed by atoms with E-state index in [-0.39, 0.29) is 12.3 Å². The first-order valence-electron chi connectivity index (χ1n) is 6.32. The Bertz CT molecular complexity index is 513. The fourth-order valence-corrected chi connectivity index (χ4v) is 2.30. The van der Waals surface area contributed by atoms with E-state index in [2.05, 4.69) is 5.32 Å². The number of hydrogen-bond acceptors (Lipinski definition) is 3. The van der Waals surface area contributed by atoms with Gasteiger partial charge in [0.25, 0.3) is 0 Å². The van der Waals surface area contributed by atoms with E-state index < -0.39 is 12.0 Å². The number of nitrogens with one attached hydrogen (secondary N) is 1. The molecule has 2 rings (SSSR count). The van der Waals surface area contributed by atoms with Gasteiger partial charge in [-0.25, -0.2) is 0 Å². The normalized spacial score (nSPS) is 19.2. The lowest BCUT2D eigenvalue weighted by molar-refractivity contribution is -0.139. The second-order valence-electron chi connectivity index (χ2n) is 4.87. The average Bonchev–Trinajstić information content (AvgIpc) is 2.35. The average molecular weight is 262 g/mol. The zero-order valence-electron chi connectivity index (χ0n) is 11.1. The summed E-state index contributed by atoms with van der Waals surface area (Å²) in [5.74, 6) is -1.18. The number of aryl methyl sites for hydroxylation is 2. The minimum Gasteiger partial charge on any atom is -0.481 e. The van der Waals surface area contributed by atoms with Crippen molar-refractivity contribution in [1.82, 2.24) is 5.32 Å². The van der Waals surface area contributed by atoms with Gasteiger partial charge in [0.2, 0.25) is 5.91 Å². The van der Waals surface area contributed by atoms with Gasteiger partial charge in [-0.05, 0) is 37.1 Å². The number of nitrogens with zero attached hydrogens (tertiary/aromatic N) is 1. The summed E-state index contributed by atoms with van der Waals surface area (Å²) in [5, 5.41) is 11.7. The van der Waals surface area contributed by atoms with Gasteiger partial charge in [0.1, 0.15) is 6.04 Å². The molecular formula is C14H18N2O3. The number of anilines is 1. The maximum Gasteiger partial charge on any atom is 0.305 e. The number of carbonyl (C=O) groups is 2. The van der Waals surface area contributed by atoms with E-state index in [9.17, 15) is 9.59 Å². The molecule has 1 aliphatic heterocycles. The molecule has 0 aromatic heterocycles. The summed E-state index contributed by atoms with van der Waals surface area (Å²) in [6, 6.07) is 5.31. The molecule has 1 atom stereocenters. The largest absolute Gasteiger partial charge is 0.481 e. The second-order valence-corrected chi connectivity index (χ2v) is 4.87. The van der Waals surface area contributed by atoms with Crippen molar-refractivity contribution < 1.29 is 14.7 Å². The SMILES string of the molecule is Cc1ccc(N2CCNC(=O)C2CC(=O)O)cc1C. The molecule has 1 aromatic rings. The van der Waals surface area contributed by atoms with Crippen LogP contribution in [0.3, 0.4) is 0 Å². The molecule has 0 aliphatic carbocycles. The standard InChI is InChI=1S/C14H18N2O3/c1-9-3-4-11(7-10(9)2)16-6-5-15-14(19)12(16)8-13(17)18/h3-4,7,12H,5-6,8H2,1-2H3,(H,15,19)(H,17,18). The van der Waals surface area contributed by atoms with Crippen molar-refractivity contribution in [3.63, 3.8) is 0 Å². The highest BCUT2D eigenvalue weighted by molar-refractivity contribution is 5.90. The molecule has 102 valence electrons. The van der Waals surface area contributed by atoms with Gasteiger partial charge in [-0.3, -0.25) is 9.59 Å². The Labute approximate surface area is 112 Å². The van der Waals surface area contributed by atoms with E-state index in [0.717, 1.165) is 11.3 Å². The summed E-state index contributed by atoms with van der Waals surface area (Å²) in [6.45, 7) is 5.21. The summed E-state index contributed by atoms with van der Waals surface area (Å²) in [6.07, 6.45) is -0.182. The third kappa shape index (κ3) is 2.86. The molecule has 1 unspecified atom stereocenters. The maximum absolute atomic E-state index is 11.8. The second kappa shape index (κ2) is 5.30. The van der Waals surface area contributed by atoms with Crippen LogP contribution in [0.1, 0.15) is 17.5 Å². The molecule has 1 amide bonds. The fraction of sp³-hybridized carbons (Fsp3) is 0.429. The third-order valence-corrected chi connectivity index (χ3v) is 3.52. The molecule has 0 radical (unpaired) electrons. The molecule has 1 aromatic carbocycles. The van der Waals surface area contributed by atoms with Gasteiger partial charge in [-0.15, -0.1) is 0 Å². The van der Waals surface area contributed by atoms with Gasteiger partial charge in [0.15, 0.2) is 0 Å². The number of carboxylic acids is 1. The van der Waals surface area contributed by atoms with Gasteiger partial charge in [0, 0.05) is 18.8 Å². The Morgan fingerprint density at radius 2 is 2.16 bits per heavy atom. The summed E-state index contributed by atoms with van der Waals surface area (Å²) in [4.78, 5) is 24.6. The van der Waals surface area contributed by atoms with Crippen LogP contribution < -0.4 is 10.2 Å². The molecule has 2 N–H and O–H groups in total. The topological polar surface area (TPSA) is 69.6 Å². The van der Waals surface area contributed by atoms with Gasteiger partial charge < -0.3 is 15.3 Å². The molecule has 5 heteroatoms. The molecule has 1 fully saturated rings. The van der Waals surface area contributed by atoms with E-state index in [4.69, 9.17) is 5.11 Å². The fourth-order valence-electron chi connectivity index (χ4n) is 2.30. The van der Waals surface area contributed by atoms with Crippen LogP contribution in [0, 0.1) is 13.8 Å². The van der Waals surface area contributed by atoms with Crippen molar-refractivity contribution in [3.05, 3.63) is 29.3 Å². The maximum atomic E-state index is 11.8. The van der Waals surface area contributed by atoms with Crippen LogP contribution in [0.25, 0.3) is 0 Å². The van der Waals surface area contributed by atoms with Gasteiger partial charge in [-0.1, -0.05) is 6.07 Å². The summed E-state index contributed by atoms with van der Waals surface area (Å²) in [7, 11) is 0. The van der Waals surface area contributed by atoms with Crippen molar-refractivity contribution >= 4 is 17.6 Å². The van der Waals surface area contributed by atoms with E-state index in [1.165, 1.54) is 5.56 Å². The Balaban J connectivity index is 2.30. The number of benzene rings is 1. The van der Waals surface area contributed by atoms with Crippen LogP contribution in [0.4, 0.5) is 5.69 Å². The quantitative estimate of drug-likeness (QED) is 0.855. The molecule has 19 heavy (non-hydrogen) atoms. The highest BCUT2D eigenvalue weighted by Crippen LogP contribution is 2.23. The Hall–Kier alpha value is -2.04. The Morgan fingerprint density at radius 3 is 2.79 bits per heavy atom. The van der Waals surface area contributed by atoms with Crippen LogP contribution in [0.2, 0.25) is 0 Å². The zero-order valence-corrected chi connectivity index (χ0v) is 11.1. The van der Waals surface area contributed by atoms with Crippen LogP contribution in [-0.4, -0.2) is 36.1 Å². The molecule has 1 aliphatic rings. The van der Waals surface area contributed by atoms with E-state index >= 15 is 0 Å². The summed E-state index contributed by atoms with van der Waals surface area (Å²) in [5.41, 5.74) is 3.22. The van der Waals surface area contributed by atoms with Crippen molar-refractivity contribution in [1.29, 1.82) is 0 Å². The molecule has 1 heterocycles. The number of amides is 1. The predicted octanol–water partition coefficient (Wildman–Crippen LogP) is 1.08. The van der Waals surface area contributed by atoms with Crippen LogP contribution in [-0.2, 0) is 9.59 Å². The molecule has 5 nitrogen and oxygen atoms in total. The zero-order chi connectivity index (χ0) is 14.0. The first kappa shape index (κ1) is 13.4. The van der Waals surface area contributed by atoms with Crippen LogP contribution in [0.5, 0.6) is 0 Å². The molecule has 0 bridgehead atoms. The number of piperazine rings is 1. The van der Waals surface area contributed by atoms with E-state index in [1.807, 2.05) is 36.9 Å². The third-order valence-electron chi connectivity index (χ3n) is 3.52. The van der Waals surface area contributed by atoms with E-state index in [1.54, 1.807) is 0 Å². The highest BCUT2D eigenvalue weighted by Gasteiger charge is 2.31. The molecule has 1 saturated heterocycles. The lowest BCUT2D eigenvalue weighted by Gasteiger charge is -2.36. The molecular weight excluding hydrogens is 244 g/mol. The number of aliphatic carboxylic acids is 1. The number of hydrogen-bond donors (Lipinski definition) is 2. The summed E-state index contributed by atoms with van der Waals surface area (Å²) < 4.78 is 0. The monoisotopic (exact) mass is 262 g/mol. The van der Waals surface area contributed by atoms with Crippen molar-refractivity contribution in [2.45, 2.75) is 26.3 Å². The lowest BCUT2D eigenvalue weighted by Crippen LogP contribution is -2.56. The first-order chi connectivity index (χ1) is 8.99. The number of rotatable bonds is 3. The summed E-state index contributed by atoms with van der Waals surface area (Å²) >= 11 is 0. The van der Waals surface area contributed by atoms with Crippen molar-refractivity contribution in [2.75, 3.05) is 18.0 Å². The first-order valence-corrected chi connectivity index (χ1v) is 6.32. The lowest BCUT2D eigenvalue weighted by atomic mass is 10.0. The Morgan fingerprint density at radius 1 is 1.42 bits per heavy atom. The predicted molar refractivity (Wildman–Crippen MR) is 72.3 cm³/mol. The van der Waals surface area contributed by atoms with Gasteiger partial charge >= 0.3 is 5.97 Å². The smallest absolute Gasteiger partial charge is 0.305 e. The minimum atomic E-state index is -0.962. The number of carboxylic acid groups (broad SMARTS) is 1. The highest BCUT2D eigenvalue weighted by atomic mass is 16.4. The molecule has 0 spiro atoms. The van der Waals surface area contributed by atoms with Crippen molar-refractivity contribution in [3.8, 4) is 0 Å². The number of carbonyl (C=O) groups excluding carboxylic acids is 1.